The Balaban J connectivity index is 1.48. The molecule has 180 valence electrons. The van der Waals surface area contributed by atoms with Crippen molar-refractivity contribution in [3.05, 3.63) is 78.2 Å². The van der Waals surface area contributed by atoms with Crippen LogP contribution in [0.3, 0.4) is 0 Å². The van der Waals surface area contributed by atoms with Crippen molar-refractivity contribution in [1.82, 2.24) is 15.3 Å². The molecule has 0 spiro atoms. The van der Waals surface area contributed by atoms with Gasteiger partial charge in [0.05, 0.1) is 19.6 Å². The van der Waals surface area contributed by atoms with E-state index in [1.54, 1.807) is 75.1 Å². The molecule has 3 heterocycles. The summed E-state index contributed by atoms with van der Waals surface area (Å²) < 4.78 is 5.14. The van der Waals surface area contributed by atoms with Crippen molar-refractivity contribution in [1.29, 1.82) is 0 Å². The van der Waals surface area contributed by atoms with Crippen LogP contribution in [0.1, 0.15) is 11.1 Å². The number of carboxylic acid groups (broad SMARTS) is 1. The summed E-state index contributed by atoms with van der Waals surface area (Å²) in [5, 5.41) is 12.5. The van der Waals surface area contributed by atoms with E-state index < -0.39 is 18.1 Å². The standard InChI is InChI=1S/C25H25N5O5/c1-29(18-8-10-26-11-9-18)24(32)22-20(23(31)28-22)13-17-7-12-27-21(14-17)30(25(33)34)15-16-3-5-19(35-2)6-4-16/h3-12,14,20,22H,13,15H2,1-2H3,(H,28,31)(H,33,34)/t20-,22+/m1/s1. The zero-order chi connectivity index (χ0) is 24.9. The smallest absolute Gasteiger partial charge is 0.413 e. The number of nitrogens with zero attached hydrogens (tertiary/aromatic N) is 4. The molecule has 3 aromatic rings. The molecule has 3 amide bonds. The van der Waals surface area contributed by atoms with E-state index in [1.165, 1.54) is 11.1 Å². The number of pyridine rings is 2. The highest BCUT2D eigenvalue weighted by Crippen LogP contribution is 2.26. The second-order valence-corrected chi connectivity index (χ2v) is 8.14. The second-order valence-electron chi connectivity index (χ2n) is 8.14. The fourth-order valence-corrected chi connectivity index (χ4v) is 3.91. The first kappa shape index (κ1) is 23.7. The molecule has 4 rings (SSSR count). The number of amides is 3. The van der Waals surface area contributed by atoms with Crippen LogP contribution in [0.5, 0.6) is 5.75 Å². The molecule has 35 heavy (non-hydrogen) atoms. The van der Waals surface area contributed by atoms with Gasteiger partial charge in [0.15, 0.2) is 0 Å². The van der Waals surface area contributed by atoms with E-state index in [0.29, 0.717) is 17.0 Å². The maximum atomic E-state index is 13.0. The Kier molecular flexibility index (Phi) is 6.91. The van der Waals surface area contributed by atoms with Gasteiger partial charge in [-0.2, -0.15) is 0 Å². The highest BCUT2D eigenvalue weighted by molar-refractivity contribution is 6.06. The molecule has 1 aromatic carbocycles. The number of benzene rings is 1. The minimum absolute atomic E-state index is 0.0948. The Bertz CT molecular complexity index is 1220. The molecule has 1 aliphatic heterocycles. The molecule has 1 aliphatic rings. The zero-order valence-electron chi connectivity index (χ0n) is 19.3. The van der Waals surface area contributed by atoms with Gasteiger partial charge in [-0.3, -0.25) is 19.5 Å². The largest absolute Gasteiger partial charge is 0.497 e. The number of β-lactam (4-membered cyclic amide) rings is 1. The Morgan fingerprint density at radius 3 is 2.40 bits per heavy atom. The van der Waals surface area contributed by atoms with Crippen molar-refractivity contribution in [2.24, 2.45) is 5.92 Å². The average Bonchev–Trinajstić information content (AvgIpc) is 2.89. The molecule has 0 unspecified atom stereocenters. The van der Waals surface area contributed by atoms with Gasteiger partial charge >= 0.3 is 6.09 Å². The Morgan fingerprint density at radius 2 is 1.77 bits per heavy atom. The van der Waals surface area contributed by atoms with Crippen LogP contribution >= 0.6 is 0 Å². The third kappa shape index (κ3) is 5.21. The summed E-state index contributed by atoms with van der Waals surface area (Å²) in [5.41, 5.74) is 2.15. The molecule has 0 bridgehead atoms. The maximum Gasteiger partial charge on any atom is 0.413 e. The Hall–Kier alpha value is -4.47. The highest BCUT2D eigenvalue weighted by atomic mass is 16.5. The van der Waals surface area contributed by atoms with E-state index in [0.717, 1.165) is 10.5 Å². The normalized spacial score (nSPS) is 16.6. The first-order chi connectivity index (χ1) is 16.9. The lowest BCUT2D eigenvalue weighted by atomic mass is 9.84. The van der Waals surface area contributed by atoms with Crippen molar-refractivity contribution in [2.75, 3.05) is 24.0 Å². The van der Waals surface area contributed by atoms with E-state index in [-0.39, 0.29) is 30.6 Å². The monoisotopic (exact) mass is 475 g/mol. The van der Waals surface area contributed by atoms with E-state index in [4.69, 9.17) is 4.74 Å². The number of anilines is 2. The lowest BCUT2D eigenvalue weighted by molar-refractivity contribution is -0.142. The molecule has 1 saturated heterocycles. The number of ether oxygens (including phenoxy) is 1. The van der Waals surface area contributed by atoms with Gasteiger partial charge in [0.25, 0.3) is 0 Å². The van der Waals surface area contributed by atoms with Gasteiger partial charge in [-0.25, -0.2) is 9.78 Å². The highest BCUT2D eigenvalue weighted by Gasteiger charge is 2.45. The average molecular weight is 476 g/mol. The number of hydrogen-bond donors (Lipinski definition) is 2. The molecular weight excluding hydrogens is 450 g/mol. The van der Waals surface area contributed by atoms with Crippen LogP contribution in [0.4, 0.5) is 16.3 Å². The lowest BCUT2D eigenvalue weighted by Gasteiger charge is -2.38. The number of aromatic nitrogens is 2. The number of hydrogen-bond acceptors (Lipinski definition) is 6. The van der Waals surface area contributed by atoms with Crippen LogP contribution in [0, 0.1) is 5.92 Å². The Labute approximate surface area is 202 Å². The third-order valence-corrected chi connectivity index (χ3v) is 5.96. The van der Waals surface area contributed by atoms with E-state index in [1.807, 2.05) is 0 Å². The quantitative estimate of drug-likeness (QED) is 0.480. The summed E-state index contributed by atoms with van der Waals surface area (Å²) in [6.45, 7) is 0.0948. The number of nitrogens with one attached hydrogen (secondary N) is 1. The number of likely N-dealkylation sites (N-methyl/N-ethyl adjacent to an activating group) is 1. The summed E-state index contributed by atoms with van der Waals surface area (Å²) in [6.07, 6.45) is 3.81. The zero-order valence-corrected chi connectivity index (χ0v) is 19.3. The molecule has 0 radical (unpaired) electrons. The maximum absolute atomic E-state index is 13.0. The number of methoxy groups -OCH3 is 1. The summed E-state index contributed by atoms with van der Waals surface area (Å²) in [6, 6.07) is 13.2. The summed E-state index contributed by atoms with van der Waals surface area (Å²) in [4.78, 5) is 48.0. The van der Waals surface area contributed by atoms with Gasteiger partial charge < -0.3 is 20.1 Å². The van der Waals surface area contributed by atoms with Gasteiger partial charge in [0, 0.05) is 31.3 Å². The van der Waals surface area contributed by atoms with Crippen LogP contribution in [0.25, 0.3) is 0 Å². The predicted molar refractivity (Wildman–Crippen MR) is 128 cm³/mol. The third-order valence-electron chi connectivity index (χ3n) is 5.96. The van der Waals surface area contributed by atoms with Gasteiger partial charge in [0.1, 0.15) is 17.6 Å². The lowest BCUT2D eigenvalue weighted by Crippen LogP contribution is -2.65. The van der Waals surface area contributed by atoms with Crippen molar-refractivity contribution >= 4 is 29.4 Å². The SMILES string of the molecule is COc1ccc(CN(C(=O)O)c2cc(C[C@H]3C(=O)N[C@@H]3C(=O)N(C)c3ccncc3)ccn2)cc1. The van der Waals surface area contributed by atoms with Gasteiger partial charge in [-0.1, -0.05) is 12.1 Å². The first-order valence-corrected chi connectivity index (χ1v) is 10.9. The number of carbonyl (C=O) groups is 3. The molecule has 1 fully saturated rings. The van der Waals surface area contributed by atoms with E-state index >= 15 is 0 Å². The molecule has 0 saturated carbocycles. The topological polar surface area (TPSA) is 125 Å². The van der Waals surface area contributed by atoms with Gasteiger partial charge in [-0.15, -0.1) is 0 Å². The molecule has 2 atom stereocenters. The van der Waals surface area contributed by atoms with Crippen LogP contribution in [0.2, 0.25) is 0 Å². The number of rotatable bonds is 8. The molecular formula is C25H25N5O5. The van der Waals surface area contributed by atoms with Crippen LogP contribution in [-0.4, -0.2) is 53.2 Å². The first-order valence-electron chi connectivity index (χ1n) is 10.9. The van der Waals surface area contributed by atoms with Crippen molar-refractivity contribution in [3.8, 4) is 5.75 Å². The van der Waals surface area contributed by atoms with E-state index in [9.17, 15) is 19.5 Å². The van der Waals surface area contributed by atoms with Crippen LogP contribution < -0.4 is 19.9 Å². The molecule has 10 heteroatoms. The fourth-order valence-electron chi connectivity index (χ4n) is 3.91. The summed E-state index contributed by atoms with van der Waals surface area (Å²) >= 11 is 0. The van der Waals surface area contributed by atoms with Gasteiger partial charge in [0.2, 0.25) is 11.8 Å². The Morgan fingerprint density at radius 1 is 1.06 bits per heavy atom. The fraction of sp³-hybridized carbons (Fsp3) is 0.240. The minimum atomic E-state index is -1.15. The molecule has 2 N–H and O–H groups in total. The minimum Gasteiger partial charge on any atom is -0.497 e. The van der Waals surface area contributed by atoms with Gasteiger partial charge in [-0.05, 0) is 53.9 Å². The van der Waals surface area contributed by atoms with Crippen LogP contribution in [-0.2, 0) is 22.6 Å². The molecule has 0 aliphatic carbocycles. The summed E-state index contributed by atoms with van der Waals surface area (Å²) in [5.74, 6) is -0.114. The molecule has 10 nitrogen and oxygen atoms in total. The van der Waals surface area contributed by atoms with Crippen molar-refractivity contribution in [2.45, 2.75) is 19.0 Å². The van der Waals surface area contributed by atoms with Crippen molar-refractivity contribution in [3.63, 3.8) is 0 Å². The number of carbonyl (C=O) groups excluding carboxylic acids is 2. The summed E-state index contributed by atoms with van der Waals surface area (Å²) in [7, 11) is 3.21. The van der Waals surface area contributed by atoms with Crippen LogP contribution in [0.15, 0.2) is 67.1 Å². The second kappa shape index (κ2) is 10.2. The van der Waals surface area contributed by atoms with Crippen molar-refractivity contribution < 1.29 is 24.2 Å². The molecule has 2 aromatic heterocycles. The predicted octanol–water partition coefficient (Wildman–Crippen LogP) is 2.49. The van der Waals surface area contributed by atoms with E-state index in [2.05, 4.69) is 15.3 Å².